The predicted molar refractivity (Wildman–Crippen MR) is 92.5 cm³/mol. The molecule has 2 aliphatic rings. The molecule has 1 aliphatic carbocycles. The zero-order chi connectivity index (χ0) is 16.7. The minimum Gasteiger partial charge on any atom is -0.311 e. The van der Waals surface area contributed by atoms with Crippen LogP contribution in [0, 0.1) is 6.92 Å². The van der Waals surface area contributed by atoms with Crippen LogP contribution in [-0.2, 0) is 17.6 Å². The van der Waals surface area contributed by atoms with Crippen molar-refractivity contribution >= 4 is 23.5 Å². The smallest absolute Gasteiger partial charge is 0.257 e. The molecule has 0 bridgehead atoms. The highest BCUT2D eigenvalue weighted by atomic mass is 32.2. The van der Waals surface area contributed by atoms with Crippen LogP contribution >= 0.6 is 11.8 Å². The lowest BCUT2D eigenvalue weighted by Crippen LogP contribution is -2.30. The summed E-state index contributed by atoms with van der Waals surface area (Å²) in [5.41, 5.74) is 2.69. The molecule has 3 heterocycles. The van der Waals surface area contributed by atoms with E-state index in [1.807, 2.05) is 19.1 Å². The molecule has 2 aromatic heterocycles. The van der Waals surface area contributed by atoms with Gasteiger partial charge in [-0.25, -0.2) is 9.97 Å². The molecule has 1 aliphatic heterocycles. The molecule has 24 heavy (non-hydrogen) atoms. The minimum absolute atomic E-state index is 0.0454. The molecule has 124 valence electrons. The number of carbonyl (C=O) groups is 1. The summed E-state index contributed by atoms with van der Waals surface area (Å²) in [7, 11) is 0. The molecule has 4 rings (SSSR count). The fraction of sp³-hybridized carbons (Fsp3) is 0.412. The molecule has 1 amide bonds. The van der Waals surface area contributed by atoms with Crippen molar-refractivity contribution in [2.24, 2.45) is 0 Å². The van der Waals surface area contributed by atoms with Gasteiger partial charge < -0.3 is 5.32 Å². The number of hydrogen-bond acceptors (Lipinski definition) is 5. The van der Waals surface area contributed by atoms with Crippen molar-refractivity contribution in [2.75, 3.05) is 11.1 Å². The van der Waals surface area contributed by atoms with Gasteiger partial charge in [0.1, 0.15) is 5.82 Å². The number of anilines is 1. The quantitative estimate of drug-likeness (QED) is 0.865. The molecular formula is C17H18N4O2S. The molecule has 6 nitrogen and oxygen atoms in total. The van der Waals surface area contributed by atoms with Gasteiger partial charge in [0.15, 0.2) is 5.16 Å². The van der Waals surface area contributed by atoms with Crippen LogP contribution in [0.5, 0.6) is 0 Å². The van der Waals surface area contributed by atoms with E-state index in [4.69, 9.17) is 0 Å². The summed E-state index contributed by atoms with van der Waals surface area (Å²) in [4.78, 5) is 34.0. The number of rotatable bonds is 3. The van der Waals surface area contributed by atoms with Crippen molar-refractivity contribution in [1.82, 2.24) is 14.5 Å². The standard InChI is InChI=1S/C17H18N4O2S/c1-10-4-2-7-14(18-10)20-15(22)8-11-9-24-17-19-13-6-3-5-12(13)16(23)21(11)17/h2,4,7,11H,3,5-6,8-9H2,1H3,(H,18,20,22). The Balaban J connectivity index is 1.54. The van der Waals surface area contributed by atoms with E-state index in [2.05, 4.69) is 15.3 Å². The fourth-order valence-electron chi connectivity index (χ4n) is 3.32. The van der Waals surface area contributed by atoms with E-state index in [0.29, 0.717) is 11.6 Å². The van der Waals surface area contributed by atoms with E-state index >= 15 is 0 Å². The van der Waals surface area contributed by atoms with Crippen LogP contribution in [-0.4, -0.2) is 26.2 Å². The van der Waals surface area contributed by atoms with Crippen molar-refractivity contribution in [3.05, 3.63) is 45.5 Å². The van der Waals surface area contributed by atoms with Gasteiger partial charge >= 0.3 is 0 Å². The molecule has 1 atom stereocenters. The van der Waals surface area contributed by atoms with Gasteiger partial charge in [-0.2, -0.15) is 0 Å². The van der Waals surface area contributed by atoms with E-state index in [9.17, 15) is 9.59 Å². The molecule has 0 saturated heterocycles. The van der Waals surface area contributed by atoms with Crippen molar-refractivity contribution in [1.29, 1.82) is 0 Å². The summed E-state index contributed by atoms with van der Waals surface area (Å²) in [6.07, 6.45) is 2.95. The topological polar surface area (TPSA) is 76.9 Å². The van der Waals surface area contributed by atoms with Crippen LogP contribution < -0.4 is 10.9 Å². The summed E-state index contributed by atoms with van der Waals surface area (Å²) in [5, 5.41) is 3.57. The number of hydrogen-bond donors (Lipinski definition) is 1. The first kappa shape index (κ1) is 15.4. The Bertz CT molecular complexity index is 877. The highest BCUT2D eigenvalue weighted by Gasteiger charge is 2.31. The van der Waals surface area contributed by atoms with Crippen molar-refractivity contribution in [3.63, 3.8) is 0 Å². The summed E-state index contributed by atoms with van der Waals surface area (Å²) in [6.45, 7) is 1.88. The molecule has 1 N–H and O–H groups in total. The number of thioether (sulfide) groups is 1. The Morgan fingerprint density at radius 1 is 1.38 bits per heavy atom. The number of carbonyl (C=O) groups excluding carboxylic acids is 1. The molecule has 0 spiro atoms. The van der Waals surface area contributed by atoms with Gasteiger partial charge in [0.05, 0.1) is 11.7 Å². The van der Waals surface area contributed by atoms with Gasteiger partial charge in [-0.05, 0) is 38.3 Å². The zero-order valence-electron chi connectivity index (χ0n) is 13.4. The number of aromatic nitrogens is 3. The maximum absolute atomic E-state index is 12.7. The van der Waals surface area contributed by atoms with E-state index < -0.39 is 0 Å². The summed E-state index contributed by atoms with van der Waals surface area (Å²) in [6, 6.07) is 5.37. The first-order valence-electron chi connectivity index (χ1n) is 8.12. The van der Waals surface area contributed by atoms with E-state index in [1.165, 1.54) is 0 Å². The minimum atomic E-state index is -0.138. The number of nitrogens with zero attached hydrogens (tertiary/aromatic N) is 3. The normalized spacial score (nSPS) is 18.3. The number of nitrogens with one attached hydrogen (secondary N) is 1. The average Bonchev–Trinajstić information content (AvgIpc) is 3.15. The zero-order valence-corrected chi connectivity index (χ0v) is 14.2. The molecule has 7 heteroatoms. The molecule has 2 aromatic rings. The van der Waals surface area contributed by atoms with Gasteiger partial charge in [-0.1, -0.05) is 17.8 Å². The molecule has 0 aromatic carbocycles. The van der Waals surface area contributed by atoms with Crippen molar-refractivity contribution in [3.8, 4) is 0 Å². The Morgan fingerprint density at radius 2 is 2.25 bits per heavy atom. The van der Waals surface area contributed by atoms with E-state index in [1.54, 1.807) is 22.4 Å². The predicted octanol–water partition coefficient (Wildman–Crippen LogP) is 2.11. The molecule has 0 radical (unpaired) electrons. The molecule has 1 unspecified atom stereocenters. The number of aryl methyl sites for hydroxylation is 2. The first-order valence-corrected chi connectivity index (χ1v) is 9.11. The second kappa shape index (κ2) is 6.05. The van der Waals surface area contributed by atoms with Gasteiger partial charge in [-0.3, -0.25) is 14.2 Å². The van der Waals surface area contributed by atoms with Crippen LogP contribution in [0.3, 0.4) is 0 Å². The van der Waals surface area contributed by atoms with Crippen LogP contribution in [0.2, 0.25) is 0 Å². The Morgan fingerprint density at radius 3 is 3.08 bits per heavy atom. The van der Waals surface area contributed by atoms with Gasteiger partial charge in [0, 0.05) is 23.4 Å². The molecular weight excluding hydrogens is 324 g/mol. The highest BCUT2D eigenvalue weighted by Crippen LogP contribution is 2.34. The lowest BCUT2D eigenvalue weighted by molar-refractivity contribution is -0.116. The average molecular weight is 342 g/mol. The van der Waals surface area contributed by atoms with Crippen LogP contribution in [0.4, 0.5) is 5.82 Å². The van der Waals surface area contributed by atoms with Crippen molar-refractivity contribution < 1.29 is 4.79 Å². The van der Waals surface area contributed by atoms with Crippen molar-refractivity contribution in [2.45, 2.75) is 43.8 Å². The van der Waals surface area contributed by atoms with Crippen LogP contribution in [0.15, 0.2) is 28.2 Å². The Hall–Kier alpha value is -2.15. The van der Waals surface area contributed by atoms with Crippen LogP contribution in [0.25, 0.3) is 0 Å². The lowest BCUT2D eigenvalue weighted by atomic mass is 10.2. The monoisotopic (exact) mass is 342 g/mol. The first-order chi connectivity index (χ1) is 11.6. The Labute approximate surface area is 143 Å². The molecule has 0 saturated carbocycles. The number of fused-ring (bicyclic) bond motifs is 2. The SMILES string of the molecule is Cc1cccc(NC(=O)CC2CSc3nc4c(c(=O)n32)CCC4)n1. The summed E-state index contributed by atoms with van der Waals surface area (Å²) >= 11 is 1.56. The maximum Gasteiger partial charge on any atom is 0.257 e. The second-order valence-electron chi connectivity index (χ2n) is 6.23. The molecule has 0 fully saturated rings. The lowest BCUT2D eigenvalue weighted by Gasteiger charge is -2.14. The third-order valence-electron chi connectivity index (χ3n) is 4.45. The largest absolute Gasteiger partial charge is 0.311 e. The van der Waals surface area contributed by atoms with Crippen LogP contribution in [0.1, 0.15) is 35.8 Å². The van der Waals surface area contributed by atoms with Gasteiger partial charge in [-0.15, -0.1) is 0 Å². The third-order valence-corrected chi connectivity index (χ3v) is 5.55. The van der Waals surface area contributed by atoms with Gasteiger partial charge in [0.2, 0.25) is 5.91 Å². The summed E-state index contributed by atoms with van der Waals surface area (Å²) in [5.74, 6) is 1.13. The fourth-order valence-corrected chi connectivity index (χ4v) is 4.48. The number of amides is 1. The Kier molecular flexibility index (Phi) is 3.88. The highest BCUT2D eigenvalue weighted by molar-refractivity contribution is 7.99. The maximum atomic E-state index is 12.7. The van der Waals surface area contributed by atoms with E-state index in [0.717, 1.165) is 41.4 Å². The third kappa shape index (κ3) is 2.73. The second-order valence-corrected chi connectivity index (χ2v) is 7.22. The van der Waals surface area contributed by atoms with Gasteiger partial charge in [0.25, 0.3) is 5.56 Å². The van der Waals surface area contributed by atoms with E-state index in [-0.39, 0.29) is 23.9 Å². The number of pyridine rings is 1. The summed E-state index contributed by atoms with van der Waals surface area (Å²) < 4.78 is 1.72.